The fourth-order valence-corrected chi connectivity index (χ4v) is 3.10. The molecule has 1 heterocycles. The maximum Gasteiger partial charge on any atom is 0.334 e. The molecule has 0 unspecified atom stereocenters. The lowest BCUT2D eigenvalue weighted by atomic mass is 9.76. The Labute approximate surface area is 182 Å². The van der Waals surface area contributed by atoms with Crippen LogP contribution in [0.3, 0.4) is 0 Å². The van der Waals surface area contributed by atoms with E-state index in [-0.39, 0.29) is 11.3 Å². The fraction of sp³-hybridized carbons (Fsp3) is 0.286. The number of fused-ring (bicyclic) bond motifs is 1. The molecule has 2 aromatic rings. The SMILES string of the molecule is CC(C)(OC(=O)[C@]1(CC(=O)c2ccccc2)C(=O)Oc2ccccc21)C(Cl)(Cl)Cl. The highest BCUT2D eigenvalue weighted by atomic mass is 35.6. The van der Waals surface area contributed by atoms with Crippen molar-refractivity contribution in [3.05, 3.63) is 65.7 Å². The summed E-state index contributed by atoms with van der Waals surface area (Å²) >= 11 is 17.8. The van der Waals surface area contributed by atoms with Gasteiger partial charge in [-0.3, -0.25) is 14.4 Å². The molecule has 5 nitrogen and oxygen atoms in total. The lowest BCUT2D eigenvalue weighted by molar-refractivity contribution is -0.168. The summed E-state index contributed by atoms with van der Waals surface area (Å²) < 4.78 is 8.79. The molecule has 8 heteroatoms. The maximum atomic E-state index is 13.3. The molecular weight excluding hydrogens is 439 g/mol. The van der Waals surface area contributed by atoms with Gasteiger partial charge in [0.1, 0.15) is 5.75 Å². The van der Waals surface area contributed by atoms with E-state index in [1.807, 2.05) is 0 Å². The average Bonchev–Trinajstić information content (AvgIpc) is 2.94. The van der Waals surface area contributed by atoms with Gasteiger partial charge in [0, 0.05) is 17.5 Å². The Morgan fingerprint density at radius 1 is 1.00 bits per heavy atom. The number of carbonyl (C=O) groups excluding carboxylic acids is 3. The van der Waals surface area contributed by atoms with Crippen LogP contribution in [0.1, 0.15) is 36.2 Å². The normalized spacial score (nSPS) is 18.7. The van der Waals surface area contributed by atoms with Crippen LogP contribution in [0, 0.1) is 0 Å². The molecule has 3 rings (SSSR count). The van der Waals surface area contributed by atoms with Crippen LogP contribution < -0.4 is 4.74 Å². The molecule has 0 aliphatic carbocycles. The second-order valence-electron chi connectivity index (χ2n) is 7.15. The highest BCUT2D eigenvalue weighted by Crippen LogP contribution is 2.47. The molecule has 1 aliphatic heterocycles. The Kier molecular flexibility index (Phi) is 5.69. The van der Waals surface area contributed by atoms with Crippen molar-refractivity contribution in [1.82, 2.24) is 0 Å². The number of Topliss-reactive ketones (excluding diaryl/α,β-unsaturated/α-hetero) is 1. The van der Waals surface area contributed by atoms with Crippen LogP contribution >= 0.6 is 34.8 Å². The zero-order chi connectivity index (χ0) is 21.4. The highest BCUT2D eigenvalue weighted by Gasteiger charge is 2.60. The summed E-state index contributed by atoms with van der Waals surface area (Å²) in [5.74, 6) is -2.17. The molecule has 0 N–H and O–H groups in total. The van der Waals surface area contributed by atoms with Gasteiger partial charge in [-0.05, 0) is 19.9 Å². The van der Waals surface area contributed by atoms with E-state index in [2.05, 4.69) is 0 Å². The van der Waals surface area contributed by atoms with Crippen LogP contribution in [0.4, 0.5) is 0 Å². The molecular formula is C21H17Cl3O5. The van der Waals surface area contributed by atoms with E-state index in [4.69, 9.17) is 44.3 Å². The number of alkyl halides is 3. The third kappa shape index (κ3) is 3.87. The zero-order valence-electron chi connectivity index (χ0n) is 15.6. The van der Waals surface area contributed by atoms with E-state index in [1.54, 1.807) is 48.5 Å². The summed E-state index contributed by atoms with van der Waals surface area (Å²) in [5.41, 5.74) is -3.00. The molecule has 1 aliphatic rings. The molecule has 152 valence electrons. The molecule has 0 fully saturated rings. The number of halogens is 3. The Morgan fingerprint density at radius 2 is 1.59 bits per heavy atom. The lowest BCUT2D eigenvalue weighted by Crippen LogP contribution is -2.51. The molecule has 0 amide bonds. The first-order valence-corrected chi connectivity index (χ1v) is 9.82. The van der Waals surface area contributed by atoms with Gasteiger partial charge in [0.25, 0.3) is 0 Å². The van der Waals surface area contributed by atoms with E-state index >= 15 is 0 Å². The molecule has 0 saturated heterocycles. The number of rotatable bonds is 5. The zero-order valence-corrected chi connectivity index (χ0v) is 17.8. The number of ketones is 1. The van der Waals surface area contributed by atoms with Crippen molar-refractivity contribution in [2.24, 2.45) is 0 Å². The van der Waals surface area contributed by atoms with Crippen molar-refractivity contribution in [1.29, 1.82) is 0 Å². The van der Waals surface area contributed by atoms with Gasteiger partial charge in [-0.15, -0.1) is 0 Å². The number of para-hydroxylation sites is 1. The first kappa shape index (κ1) is 21.6. The van der Waals surface area contributed by atoms with Crippen LogP contribution in [-0.2, 0) is 19.7 Å². The Balaban J connectivity index is 2.07. The van der Waals surface area contributed by atoms with Crippen molar-refractivity contribution < 1.29 is 23.9 Å². The summed E-state index contributed by atoms with van der Waals surface area (Å²) in [6, 6.07) is 14.7. The monoisotopic (exact) mass is 454 g/mol. The summed E-state index contributed by atoms with van der Waals surface area (Å²) in [5, 5.41) is 0. The largest absolute Gasteiger partial charge is 0.454 e. The Morgan fingerprint density at radius 3 is 2.21 bits per heavy atom. The minimum absolute atomic E-state index is 0.182. The molecule has 2 aromatic carbocycles. The van der Waals surface area contributed by atoms with Crippen LogP contribution in [0.25, 0.3) is 0 Å². The van der Waals surface area contributed by atoms with Gasteiger partial charge in [0.2, 0.25) is 9.21 Å². The van der Waals surface area contributed by atoms with E-state index < -0.39 is 39.0 Å². The first-order chi connectivity index (χ1) is 13.5. The van der Waals surface area contributed by atoms with Gasteiger partial charge in [0.15, 0.2) is 11.4 Å². The molecule has 0 saturated carbocycles. The van der Waals surface area contributed by atoms with Crippen molar-refractivity contribution >= 4 is 52.5 Å². The van der Waals surface area contributed by atoms with Gasteiger partial charge in [0.05, 0.1) is 0 Å². The second-order valence-corrected chi connectivity index (χ2v) is 9.44. The fourth-order valence-electron chi connectivity index (χ4n) is 2.98. The van der Waals surface area contributed by atoms with E-state index in [0.29, 0.717) is 5.56 Å². The Bertz CT molecular complexity index is 966. The van der Waals surface area contributed by atoms with Gasteiger partial charge in [-0.1, -0.05) is 83.3 Å². The summed E-state index contributed by atoms with van der Waals surface area (Å²) in [4.78, 5) is 39.2. The number of hydrogen-bond donors (Lipinski definition) is 0. The van der Waals surface area contributed by atoms with Gasteiger partial charge in [-0.25, -0.2) is 0 Å². The van der Waals surface area contributed by atoms with Crippen molar-refractivity contribution in [3.63, 3.8) is 0 Å². The standard InChI is InChI=1S/C21H17Cl3O5/c1-19(2,21(22,23)24)29-18(27)20(12-15(25)13-8-4-3-5-9-13)14-10-6-7-11-16(14)28-17(20)26/h3-11H,12H2,1-2H3/t20-/m0/s1. The first-order valence-electron chi connectivity index (χ1n) is 8.69. The maximum absolute atomic E-state index is 13.3. The minimum Gasteiger partial charge on any atom is -0.454 e. The number of esters is 2. The molecule has 0 bridgehead atoms. The number of hydrogen-bond acceptors (Lipinski definition) is 5. The molecule has 0 spiro atoms. The number of benzene rings is 2. The molecule has 1 atom stereocenters. The van der Waals surface area contributed by atoms with Gasteiger partial charge >= 0.3 is 11.9 Å². The number of carbonyl (C=O) groups is 3. The predicted octanol–water partition coefficient (Wildman–Crippen LogP) is 4.81. The van der Waals surface area contributed by atoms with E-state index in [9.17, 15) is 14.4 Å². The second kappa shape index (κ2) is 7.63. The van der Waals surface area contributed by atoms with E-state index in [1.165, 1.54) is 19.9 Å². The molecule has 0 radical (unpaired) electrons. The smallest absolute Gasteiger partial charge is 0.334 e. The van der Waals surface area contributed by atoms with E-state index in [0.717, 1.165) is 0 Å². The third-order valence-corrected chi connectivity index (χ3v) is 6.16. The van der Waals surface area contributed by atoms with Gasteiger partial charge in [-0.2, -0.15) is 0 Å². The van der Waals surface area contributed by atoms with Crippen LogP contribution in [-0.4, -0.2) is 27.1 Å². The highest BCUT2D eigenvalue weighted by molar-refractivity contribution is 6.68. The topological polar surface area (TPSA) is 69.7 Å². The third-order valence-electron chi connectivity index (χ3n) is 4.80. The van der Waals surface area contributed by atoms with Gasteiger partial charge < -0.3 is 9.47 Å². The predicted molar refractivity (Wildman–Crippen MR) is 110 cm³/mol. The summed E-state index contributed by atoms with van der Waals surface area (Å²) in [7, 11) is 0. The molecule has 29 heavy (non-hydrogen) atoms. The summed E-state index contributed by atoms with van der Waals surface area (Å²) in [6.07, 6.45) is -0.484. The van der Waals surface area contributed by atoms with Crippen LogP contribution in [0.5, 0.6) is 5.75 Å². The quantitative estimate of drug-likeness (QED) is 0.213. The Hall–Kier alpha value is -2.08. The minimum atomic E-state index is -2.00. The van der Waals surface area contributed by atoms with Crippen molar-refractivity contribution in [2.75, 3.05) is 0 Å². The van der Waals surface area contributed by atoms with Crippen molar-refractivity contribution in [2.45, 2.75) is 35.1 Å². The van der Waals surface area contributed by atoms with Crippen LogP contribution in [0.2, 0.25) is 0 Å². The van der Waals surface area contributed by atoms with Crippen LogP contribution in [0.15, 0.2) is 54.6 Å². The molecule has 0 aromatic heterocycles. The number of ether oxygens (including phenoxy) is 2. The lowest BCUT2D eigenvalue weighted by Gasteiger charge is -2.35. The summed E-state index contributed by atoms with van der Waals surface area (Å²) in [6.45, 7) is 2.80. The average molecular weight is 456 g/mol. The van der Waals surface area contributed by atoms with Crippen molar-refractivity contribution in [3.8, 4) is 5.75 Å².